The molecule has 1 heterocycles. The highest BCUT2D eigenvalue weighted by Crippen LogP contribution is 2.05. The van der Waals surface area contributed by atoms with Crippen molar-refractivity contribution in [3.8, 4) is 0 Å². The Morgan fingerprint density at radius 1 is 1.12 bits per heavy atom. The Hall–Kier alpha value is -1.90. The summed E-state index contributed by atoms with van der Waals surface area (Å²) in [5.74, 6) is 0.908. The number of rotatable bonds is 5. The van der Waals surface area contributed by atoms with Gasteiger partial charge in [-0.05, 0) is 25.3 Å². The van der Waals surface area contributed by atoms with Crippen molar-refractivity contribution >= 4 is 5.82 Å². The Balaban J connectivity index is 1.73. The molecule has 2 rings (SSSR count). The van der Waals surface area contributed by atoms with Crippen LogP contribution in [0.5, 0.6) is 0 Å². The summed E-state index contributed by atoms with van der Waals surface area (Å²) in [6, 6.07) is 12.5. The lowest BCUT2D eigenvalue weighted by Crippen LogP contribution is -2.05. The van der Waals surface area contributed by atoms with Gasteiger partial charge in [0.2, 0.25) is 0 Å². The largest absolute Gasteiger partial charge is 0.370 e. The molecule has 1 aromatic heterocycles. The van der Waals surface area contributed by atoms with Gasteiger partial charge < -0.3 is 5.32 Å². The molecule has 0 amide bonds. The average Bonchev–Trinajstić information content (AvgIpc) is 2.36. The maximum Gasteiger partial charge on any atom is 0.129 e. The lowest BCUT2D eigenvalue weighted by atomic mass is 10.1. The van der Waals surface area contributed by atoms with Gasteiger partial charge in [0.25, 0.3) is 0 Å². The number of benzene rings is 1. The van der Waals surface area contributed by atoms with Gasteiger partial charge >= 0.3 is 0 Å². The van der Waals surface area contributed by atoms with Crippen molar-refractivity contribution in [2.75, 3.05) is 11.9 Å². The second-order valence-electron chi connectivity index (χ2n) is 4.06. The third kappa shape index (κ3) is 3.87. The molecule has 3 nitrogen and oxygen atoms in total. The van der Waals surface area contributed by atoms with Gasteiger partial charge in [-0.15, -0.1) is 0 Å². The van der Waals surface area contributed by atoms with Gasteiger partial charge in [-0.2, -0.15) is 0 Å². The predicted octanol–water partition coefficient (Wildman–Crippen LogP) is 2.83. The standard InChI is InChI=1S/C14H17N3/c1-12-10-14(17-11-16-12)15-9-5-8-13-6-3-2-4-7-13/h2-4,6-7,10-11H,5,8-9H2,1H3,(H,15,16,17). The molecular formula is C14H17N3. The molecule has 0 saturated heterocycles. The number of hydrogen-bond acceptors (Lipinski definition) is 3. The minimum atomic E-state index is 0.908. The van der Waals surface area contributed by atoms with Crippen LogP contribution in [-0.4, -0.2) is 16.5 Å². The molecule has 0 unspecified atom stereocenters. The Morgan fingerprint density at radius 2 is 1.94 bits per heavy atom. The van der Waals surface area contributed by atoms with Gasteiger partial charge in [0.1, 0.15) is 12.1 Å². The maximum atomic E-state index is 4.16. The van der Waals surface area contributed by atoms with Crippen LogP contribution in [-0.2, 0) is 6.42 Å². The van der Waals surface area contributed by atoms with E-state index in [2.05, 4.69) is 39.6 Å². The van der Waals surface area contributed by atoms with E-state index in [9.17, 15) is 0 Å². The first-order valence-electron chi connectivity index (χ1n) is 5.91. The lowest BCUT2D eigenvalue weighted by molar-refractivity contribution is 0.857. The number of nitrogens with zero attached hydrogens (tertiary/aromatic N) is 2. The molecule has 0 aliphatic carbocycles. The minimum absolute atomic E-state index is 0.908. The van der Waals surface area contributed by atoms with Crippen molar-refractivity contribution in [3.63, 3.8) is 0 Å². The molecule has 1 N–H and O–H groups in total. The van der Waals surface area contributed by atoms with Gasteiger partial charge in [-0.3, -0.25) is 0 Å². The van der Waals surface area contributed by atoms with E-state index in [1.807, 2.05) is 19.1 Å². The second kappa shape index (κ2) is 5.99. The molecule has 0 spiro atoms. The zero-order valence-electron chi connectivity index (χ0n) is 10.1. The number of nitrogens with one attached hydrogen (secondary N) is 1. The number of aryl methyl sites for hydroxylation is 2. The first-order valence-corrected chi connectivity index (χ1v) is 5.91. The van der Waals surface area contributed by atoms with Crippen LogP contribution in [0.2, 0.25) is 0 Å². The van der Waals surface area contributed by atoms with Gasteiger partial charge in [-0.25, -0.2) is 9.97 Å². The van der Waals surface area contributed by atoms with E-state index in [1.54, 1.807) is 6.33 Å². The topological polar surface area (TPSA) is 37.8 Å². The highest BCUT2D eigenvalue weighted by atomic mass is 15.0. The molecule has 17 heavy (non-hydrogen) atoms. The average molecular weight is 227 g/mol. The van der Waals surface area contributed by atoms with Crippen molar-refractivity contribution in [1.29, 1.82) is 0 Å². The molecule has 0 bridgehead atoms. The smallest absolute Gasteiger partial charge is 0.129 e. The predicted molar refractivity (Wildman–Crippen MR) is 70.0 cm³/mol. The molecular weight excluding hydrogens is 210 g/mol. The molecule has 0 saturated carbocycles. The van der Waals surface area contributed by atoms with Crippen LogP contribution in [0.1, 0.15) is 17.7 Å². The van der Waals surface area contributed by atoms with E-state index in [4.69, 9.17) is 0 Å². The van der Waals surface area contributed by atoms with Gasteiger partial charge in [-0.1, -0.05) is 30.3 Å². The van der Waals surface area contributed by atoms with E-state index in [-0.39, 0.29) is 0 Å². The van der Waals surface area contributed by atoms with Crippen LogP contribution in [0.15, 0.2) is 42.7 Å². The summed E-state index contributed by atoms with van der Waals surface area (Å²) in [6.07, 6.45) is 3.79. The van der Waals surface area contributed by atoms with Crippen molar-refractivity contribution in [2.45, 2.75) is 19.8 Å². The summed E-state index contributed by atoms with van der Waals surface area (Å²) < 4.78 is 0. The molecule has 2 aromatic rings. The van der Waals surface area contributed by atoms with E-state index in [0.717, 1.165) is 30.9 Å². The van der Waals surface area contributed by atoms with Gasteiger partial charge in [0.05, 0.1) is 0 Å². The van der Waals surface area contributed by atoms with Crippen LogP contribution >= 0.6 is 0 Å². The number of anilines is 1. The molecule has 0 fully saturated rings. The SMILES string of the molecule is Cc1cc(NCCCc2ccccc2)ncn1. The Kier molecular flexibility index (Phi) is 4.08. The summed E-state index contributed by atoms with van der Waals surface area (Å²) in [7, 11) is 0. The third-order valence-corrected chi connectivity index (χ3v) is 2.59. The van der Waals surface area contributed by atoms with Crippen LogP contribution in [0, 0.1) is 6.92 Å². The summed E-state index contributed by atoms with van der Waals surface area (Å²) in [5.41, 5.74) is 2.37. The molecule has 3 heteroatoms. The second-order valence-corrected chi connectivity index (χ2v) is 4.06. The first-order chi connectivity index (χ1) is 8.34. The van der Waals surface area contributed by atoms with Crippen LogP contribution in [0.4, 0.5) is 5.82 Å². The van der Waals surface area contributed by atoms with E-state index < -0.39 is 0 Å². The molecule has 0 atom stereocenters. The van der Waals surface area contributed by atoms with Crippen LogP contribution in [0.25, 0.3) is 0 Å². The fourth-order valence-electron chi connectivity index (χ4n) is 1.70. The maximum absolute atomic E-state index is 4.16. The van der Waals surface area contributed by atoms with E-state index in [0.29, 0.717) is 0 Å². The van der Waals surface area contributed by atoms with Crippen molar-refractivity contribution in [1.82, 2.24) is 9.97 Å². The van der Waals surface area contributed by atoms with E-state index >= 15 is 0 Å². The van der Waals surface area contributed by atoms with Crippen molar-refractivity contribution < 1.29 is 0 Å². The monoisotopic (exact) mass is 227 g/mol. The molecule has 0 radical (unpaired) electrons. The fourth-order valence-corrected chi connectivity index (χ4v) is 1.70. The highest BCUT2D eigenvalue weighted by molar-refractivity contribution is 5.34. The fraction of sp³-hybridized carbons (Fsp3) is 0.286. The van der Waals surface area contributed by atoms with Crippen LogP contribution < -0.4 is 5.32 Å². The zero-order valence-corrected chi connectivity index (χ0v) is 10.1. The Morgan fingerprint density at radius 3 is 2.71 bits per heavy atom. The Labute approximate surface area is 102 Å². The van der Waals surface area contributed by atoms with E-state index in [1.165, 1.54) is 5.56 Å². The zero-order chi connectivity index (χ0) is 11.9. The van der Waals surface area contributed by atoms with Gasteiger partial charge in [0, 0.05) is 18.3 Å². The molecule has 0 aliphatic rings. The normalized spacial score (nSPS) is 10.2. The van der Waals surface area contributed by atoms with Crippen LogP contribution in [0.3, 0.4) is 0 Å². The summed E-state index contributed by atoms with van der Waals surface area (Å²) in [5, 5.41) is 3.30. The molecule has 0 aliphatic heterocycles. The minimum Gasteiger partial charge on any atom is -0.370 e. The summed E-state index contributed by atoms with van der Waals surface area (Å²) in [4.78, 5) is 8.23. The lowest BCUT2D eigenvalue weighted by Gasteiger charge is -2.05. The van der Waals surface area contributed by atoms with Crippen molar-refractivity contribution in [2.24, 2.45) is 0 Å². The third-order valence-electron chi connectivity index (χ3n) is 2.59. The molecule has 88 valence electrons. The Bertz CT molecular complexity index is 454. The first kappa shape index (κ1) is 11.6. The van der Waals surface area contributed by atoms with Crippen molar-refractivity contribution in [3.05, 3.63) is 54.0 Å². The summed E-state index contributed by atoms with van der Waals surface area (Å²) >= 11 is 0. The summed E-state index contributed by atoms with van der Waals surface area (Å²) in [6.45, 7) is 2.90. The quantitative estimate of drug-likeness (QED) is 0.798. The molecule has 1 aromatic carbocycles. The number of aromatic nitrogens is 2. The van der Waals surface area contributed by atoms with Gasteiger partial charge in [0.15, 0.2) is 0 Å². The number of hydrogen-bond donors (Lipinski definition) is 1. The highest BCUT2D eigenvalue weighted by Gasteiger charge is 1.95.